The highest BCUT2D eigenvalue weighted by atomic mass is 32.1. The second-order valence-corrected chi connectivity index (χ2v) is 7.63. The summed E-state index contributed by atoms with van der Waals surface area (Å²) in [6.07, 6.45) is 5.11. The molecule has 0 spiro atoms. The summed E-state index contributed by atoms with van der Waals surface area (Å²) in [6, 6.07) is 11.9. The summed E-state index contributed by atoms with van der Waals surface area (Å²) >= 11 is 1.78. The van der Waals surface area contributed by atoms with Crippen LogP contribution in [0, 0.1) is 0 Å². The largest absolute Gasteiger partial charge is 0.494 e. The molecule has 0 unspecified atom stereocenters. The normalized spacial score (nSPS) is 16.7. The van der Waals surface area contributed by atoms with Gasteiger partial charge in [-0.2, -0.15) is 0 Å². The van der Waals surface area contributed by atoms with Crippen LogP contribution in [0.3, 0.4) is 0 Å². The topological polar surface area (TPSA) is 41.6 Å². The minimum Gasteiger partial charge on any atom is -0.494 e. The Morgan fingerprint density at radius 3 is 2.50 bits per heavy atom. The predicted molar refractivity (Wildman–Crippen MR) is 107 cm³/mol. The highest BCUT2D eigenvalue weighted by Crippen LogP contribution is 2.27. The van der Waals surface area contributed by atoms with Gasteiger partial charge in [0.1, 0.15) is 5.75 Å². The van der Waals surface area contributed by atoms with Crippen LogP contribution in [0.25, 0.3) is 0 Å². The monoisotopic (exact) mass is 372 g/mol. The summed E-state index contributed by atoms with van der Waals surface area (Å²) < 4.78 is 5.44. The first-order valence-electron chi connectivity index (χ1n) is 9.56. The van der Waals surface area contributed by atoms with Crippen molar-refractivity contribution in [1.29, 1.82) is 0 Å². The van der Waals surface area contributed by atoms with Crippen LogP contribution < -0.4 is 10.1 Å². The molecule has 1 N–H and O–H groups in total. The van der Waals surface area contributed by atoms with E-state index in [0.29, 0.717) is 18.7 Å². The lowest BCUT2D eigenvalue weighted by molar-refractivity contribution is 0.0934. The molecule has 1 aromatic carbocycles. The van der Waals surface area contributed by atoms with Gasteiger partial charge < -0.3 is 10.1 Å². The molecule has 1 amide bonds. The molecule has 2 aromatic rings. The zero-order valence-corrected chi connectivity index (χ0v) is 16.3. The van der Waals surface area contributed by atoms with Gasteiger partial charge >= 0.3 is 0 Å². The van der Waals surface area contributed by atoms with Crippen LogP contribution in [0.1, 0.15) is 53.9 Å². The van der Waals surface area contributed by atoms with Crippen LogP contribution in [0.5, 0.6) is 5.75 Å². The third-order valence-corrected chi connectivity index (χ3v) is 5.81. The lowest BCUT2D eigenvalue weighted by Crippen LogP contribution is -2.38. The molecule has 1 saturated heterocycles. The van der Waals surface area contributed by atoms with Crippen molar-refractivity contribution < 1.29 is 9.53 Å². The Labute approximate surface area is 160 Å². The van der Waals surface area contributed by atoms with E-state index in [1.54, 1.807) is 11.3 Å². The van der Waals surface area contributed by atoms with Gasteiger partial charge in [0.05, 0.1) is 12.6 Å². The summed E-state index contributed by atoms with van der Waals surface area (Å²) in [6.45, 7) is 5.45. The smallest absolute Gasteiger partial charge is 0.251 e. The first kappa shape index (κ1) is 18.9. The average Bonchev–Trinajstić information content (AvgIpc) is 3.05. The zero-order chi connectivity index (χ0) is 18.2. The maximum atomic E-state index is 12.6. The molecule has 0 bridgehead atoms. The number of amides is 1. The highest BCUT2D eigenvalue weighted by molar-refractivity contribution is 7.10. The minimum absolute atomic E-state index is 0.0237. The number of likely N-dealkylation sites (tertiary alicyclic amines) is 1. The zero-order valence-electron chi connectivity index (χ0n) is 15.4. The number of hydrogen-bond acceptors (Lipinski definition) is 4. The molecule has 2 heterocycles. The fourth-order valence-electron chi connectivity index (χ4n) is 3.46. The van der Waals surface area contributed by atoms with Crippen molar-refractivity contribution >= 4 is 17.2 Å². The number of benzene rings is 1. The van der Waals surface area contributed by atoms with Crippen molar-refractivity contribution in [3.8, 4) is 5.75 Å². The second-order valence-electron chi connectivity index (χ2n) is 6.65. The fraction of sp³-hybridized carbons (Fsp3) is 0.476. The minimum atomic E-state index is -0.0237. The Morgan fingerprint density at radius 2 is 1.88 bits per heavy atom. The molecule has 3 rings (SSSR count). The van der Waals surface area contributed by atoms with Gasteiger partial charge in [0.2, 0.25) is 0 Å². The van der Waals surface area contributed by atoms with E-state index in [1.807, 2.05) is 31.2 Å². The molecule has 0 saturated carbocycles. The van der Waals surface area contributed by atoms with E-state index < -0.39 is 0 Å². The first-order chi connectivity index (χ1) is 12.8. The van der Waals surface area contributed by atoms with Gasteiger partial charge in [-0.25, -0.2) is 0 Å². The molecule has 1 aliphatic heterocycles. The third kappa shape index (κ3) is 5.08. The fourth-order valence-corrected chi connectivity index (χ4v) is 4.32. The van der Waals surface area contributed by atoms with Crippen LogP contribution in [0.15, 0.2) is 41.8 Å². The molecule has 26 heavy (non-hydrogen) atoms. The standard InChI is InChI=1S/C21H28N2O2S/c1-2-25-18-11-9-17(10-12-18)21(24)22-16-19(20-8-7-15-26-20)23-13-5-3-4-6-14-23/h7-12,15,19H,2-6,13-14,16H2,1H3,(H,22,24)/t19-/m0/s1. The molecule has 1 aliphatic rings. The van der Waals surface area contributed by atoms with Gasteiger partial charge in [-0.1, -0.05) is 18.9 Å². The van der Waals surface area contributed by atoms with E-state index in [0.717, 1.165) is 18.8 Å². The van der Waals surface area contributed by atoms with E-state index in [2.05, 4.69) is 27.7 Å². The van der Waals surface area contributed by atoms with E-state index >= 15 is 0 Å². The number of thiophene rings is 1. The number of carbonyl (C=O) groups excluding carboxylic acids is 1. The number of ether oxygens (including phenoxy) is 1. The SMILES string of the molecule is CCOc1ccc(C(=O)NC[C@@H](c2cccs2)N2CCCCCC2)cc1. The van der Waals surface area contributed by atoms with Crippen molar-refractivity contribution in [1.82, 2.24) is 10.2 Å². The van der Waals surface area contributed by atoms with Gasteiger partial charge in [0, 0.05) is 17.0 Å². The van der Waals surface area contributed by atoms with E-state index in [9.17, 15) is 4.79 Å². The Balaban J connectivity index is 1.64. The van der Waals surface area contributed by atoms with Crippen molar-refractivity contribution in [2.24, 2.45) is 0 Å². The number of hydrogen-bond donors (Lipinski definition) is 1. The van der Waals surface area contributed by atoms with Gasteiger partial charge in [-0.15, -0.1) is 11.3 Å². The average molecular weight is 373 g/mol. The molecule has 140 valence electrons. The second kappa shape index (κ2) is 9.74. The summed E-state index contributed by atoms with van der Waals surface area (Å²) in [4.78, 5) is 16.4. The van der Waals surface area contributed by atoms with E-state index in [1.165, 1.54) is 30.6 Å². The van der Waals surface area contributed by atoms with Crippen molar-refractivity contribution in [2.45, 2.75) is 38.6 Å². The molecule has 0 aliphatic carbocycles. The van der Waals surface area contributed by atoms with Gasteiger partial charge in [0.15, 0.2) is 0 Å². The van der Waals surface area contributed by atoms with Crippen LogP contribution in [0.4, 0.5) is 0 Å². The number of nitrogens with zero attached hydrogens (tertiary/aromatic N) is 1. The van der Waals surface area contributed by atoms with Crippen LogP contribution >= 0.6 is 11.3 Å². The van der Waals surface area contributed by atoms with E-state index in [4.69, 9.17) is 4.74 Å². The molecule has 0 radical (unpaired) electrons. The third-order valence-electron chi connectivity index (χ3n) is 4.84. The maximum Gasteiger partial charge on any atom is 0.251 e. The van der Waals surface area contributed by atoms with E-state index in [-0.39, 0.29) is 11.9 Å². The molecular weight excluding hydrogens is 344 g/mol. The molecular formula is C21H28N2O2S. The summed E-state index contributed by atoms with van der Waals surface area (Å²) in [5, 5.41) is 5.26. The Morgan fingerprint density at radius 1 is 1.15 bits per heavy atom. The maximum absolute atomic E-state index is 12.6. The molecule has 1 aromatic heterocycles. The van der Waals surface area contributed by atoms with Gasteiger partial charge in [-0.3, -0.25) is 9.69 Å². The van der Waals surface area contributed by atoms with Crippen LogP contribution in [-0.4, -0.2) is 37.0 Å². The predicted octanol–water partition coefficient (Wildman–Crippen LogP) is 4.49. The number of rotatable bonds is 7. The quantitative estimate of drug-likeness (QED) is 0.778. The number of nitrogens with one attached hydrogen (secondary N) is 1. The molecule has 1 atom stereocenters. The molecule has 5 heteroatoms. The Kier molecular flexibility index (Phi) is 7.09. The lowest BCUT2D eigenvalue weighted by Gasteiger charge is -2.30. The Bertz CT molecular complexity index is 662. The molecule has 1 fully saturated rings. The van der Waals surface area contributed by atoms with Crippen molar-refractivity contribution in [3.63, 3.8) is 0 Å². The van der Waals surface area contributed by atoms with Crippen molar-refractivity contribution in [2.75, 3.05) is 26.2 Å². The lowest BCUT2D eigenvalue weighted by atomic mass is 10.1. The Hall–Kier alpha value is -1.85. The first-order valence-corrected chi connectivity index (χ1v) is 10.4. The number of carbonyl (C=O) groups is 1. The van der Waals surface area contributed by atoms with Crippen molar-refractivity contribution in [3.05, 3.63) is 52.2 Å². The molecule has 4 nitrogen and oxygen atoms in total. The van der Waals surface area contributed by atoms with Gasteiger partial charge in [0.25, 0.3) is 5.91 Å². The summed E-state index contributed by atoms with van der Waals surface area (Å²) in [5.74, 6) is 0.773. The van der Waals surface area contributed by atoms with Crippen LogP contribution in [0.2, 0.25) is 0 Å². The summed E-state index contributed by atoms with van der Waals surface area (Å²) in [7, 11) is 0. The summed E-state index contributed by atoms with van der Waals surface area (Å²) in [5.41, 5.74) is 0.675. The van der Waals surface area contributed by atoms with Gasteiger partial charge in [-0.05, 0) is 68.6 Å². The van der Waals surface area contributed by atoms with Crippen LogP contribution in [-0.2, 0) is 0 Å². The highest BCUT2D eigenvalue weighted by Gasteiger charge is 2.23.